The molecule has 2 N–H and O–H groups in total. The number of para-hydroxylation sites is 1. The number of nitrogens with one attached hydrogen (secondary N) is 2. The molecule has 0 spiro atoms. The average molecular weight is 251 g/mol. The zero-order chi connectivity index (χ0) is 13.0. The highest BCUT2D eigenvalue weighted by Gasteiger charge is 2.21. The van der Waals surface area contributed by atoms with Crippen LogP contribution in [0, 0.1) is 10.1 Å². The molecular formula is C12H17N3O3. The first-order valence-corrected chi connectivity index (χ1v) is 6.01. The third-order valence-electron chi connectivity index (χ3n) is 2.85. The van der Waals surface area contributed by atoms with Crippen LogP contribution in [-0.2, 0) is 0 Å². The maximum Gasteiger partial charge on any atom is 0.333 e. The Hall–Kier alpha value is -1.82. The van der Waals surface area contributed by atoms with Crippen LogP contribution in [-0.4, -0.2) is 31.2 Å². The number of nitro groups is 1. The van der Waals surface area contributed by atoms with Gasteiger partial charge in [0.15, 0.2) is 5.75 Å². The van der Waals surface area contributed by atoms with Gasteiger partial charge in [-0.25, -0.2) is 0 Å². The summed E-state index contributed by atoms with van der Waals surface area (Å²) in [6.45, 7) is 1.46. The summed E-state index contributed by atoms with van der Waals surface area (Å²) in [6, 6.07) is 5.67. The van der Waals surface area contributed by atoms with Crippen LogP contribution in [0.5, 0.6) is 5.75 Å². The number of nitro benzene ring substituents is 1. The quantitative estimate of drug-likeness (QED) is 0.439. The highest BCUT2D eigenvalue weighted by molar-refractivity contribution is 5.68. The second-order valence-electron chi connectivity index (χ2n) is 4.27. The minimum Gasteiger partial charge on any atom is -0.490 e. The monoisotopic (exact) mass is 251 g/mol. The van der Waals surface area contributed by atoms with Crippen LogP contribution in [0.2, 0.25) is 0 Å². The molecule has 1 aromatic rings. The van der Waals surface area contributed by atoms with Crippen LogP contribution >= 0.6 is 0 Å². The predicted molar refractivity (Wildman–Crippen MR) is 69.2 cm³/mol. The topological polar surface area (TPSA) is 76.4 Å². The first kappa shape index (κ1) is 12.6. The van der Waals surface area contributed by atoms with Gasteiger partial charge in [-0.3, -0.25) is 10.1 Å². The Balaban J connectivity index is 1.98. The van der Waals surface area contributed by atoms with Gasteiger partial charge in [-0.2, -0.15) is 0 Å². The number of nitrogens with zero attached hydrogens (tertiary/aromatic N) is 1. The summed E-state index contributed by atoms with van der Waals surface area (Å²) in [5.41, 5.74) is 0.489. The first-order valence-electron chi connectivity index (χ1n) is 6.01. The third kappa shape index (κ3) is 3.10. The van der Waals surface area contributed by atoms with E-state index in [9.17, 15) is 10.1 Å². The second-order valence-corrected chi connectivity index (χ2v) is 4.27. The molecule has 0 heterocycles. The van der Waals surface area contributed by atoms with Gasteiger partial charge in [0.2, 0.25) is 0 Å². The van der Waals surface area contributed by atoms with Crippen molar-refractivity contribution in [3.05, 3.63) is 28.3 Å². The van der Waals surface area contributed by atoms with E-state index in [-0.39, 0.29) is 11.4 Å². The molecule has 0 bridgehead atoms. The van der Waals surface area contributed by atoms with Gasteiger partial charge in [0.1, 0.15) is 5.69 Å². The minimum atomic E-state index is -0.421. The SMILES string of the molecule is COc1cccc(NCCNC2CC2)c1[N+](=O)[O-]. The lowest BCUT2D eigenvalue weighted by Crippen LogP contribution is -2.24. The summed E-state index contributed by atoms with van der Waals surface area (Å²) in [6.07, 6.45) is 2.47. The highest BCUT2D eigenvalue weighted by atomic mass is 16.6. The fourth-order valence-corrected chi connectivity index (χ4v) is 1.78. The van der Waals surface area contributed by atoms with Crippen LogP contribution in [0.3, 0.4) is 0 Å². The number of hydrogen-bond acceptors (Lipinski definition) is 5. The maximum absolute atomic E-state index is 11.0. The van der Waals surface area contributed by atoms with Gasteiger partial charge in [-0.15, -0.1) is 0 Å². The summed E-state index contributed by atoms with van der Waals surface area (Å²) < 4.78 is 5.00. The molecule has 1 aliphatic rings. The van der Waals surface area contributed by atoms with Crippen LogP contribution in [0.1, 0.15) is 12.8 Å². The average Bonchev–Trinajstić information content (AvgIpc) is 3.18. The molecule has 0 unspecified atom stereocenters. The molecule has 1 saturated carbocycles. The Morgan fingerprint density at radius 3 is 2.83 bits per heavy atom. The number of methoxy groups -OCH3 is 1. The van der Waals surface area contributed by atoms with E-state index in [2.05, 4.69) is 10.6 Å². The molecule has 0 aromatic heterocycles. The molecule has 1 aromatic carbocycles. The smallest absolute Gasteiger partial charge is 0.333 e. The molecule has 0 amide bonds. The van der Waals surface area contributed by atoms with Crippen molar-refractivity contribution in [2.24, 2.45) is 0 Å². The summed E-state index contributed by atoms with van der Waals surface area (Å²) in [5, 5.41) is 17.4. The molecule has 0 saturated heterocycles. The van der Waals surface area contributed by atoms with Crippen molar-refractivity contribution in [2.75, 3.05) is 25.5 Å². The van der Waals surface area contributed by atoms with Crippen LogP contribution < -0.4 is 15.4 Å². The van der Waals surface area contributed by atoms with Gasteiger partial charge in [0, 0.05) is 19.1 Å². The number of hydrogen-bond donors (Lipinski definition) is 2. The van der Waals surface area contributed by atoms with Crippen molar-refractivity contribution < 1.29 is 9.66 Å². The Bertz CT molecular complexity index is 433. The van der Waals surface area contributed by atoms with Gasteiger partial charge < -0.3 is 15.4 Å². The van der Waals surface area contributed by atoms with Gasteiger partial charge in [0.25, 0.3) is 0 Å². The third-order valence-corrected chi connectivity index (χ3v) is 2.85. The predicted octanol–water partition coefficient (Wildman–Crippen LogP) is 1.77. The largest absolute Gasteiger partial charge is 0.490 e. The van der Waals surface area contributed by atoms with Gasteiger partial charge in [0.05, 0.1) is 12.0 Å². The van der Waals surface area contributed by atoms with Crippen LogP contribution in [0.25, 0.3) is 0 Å². The van der Waals surface area contributed by atoms with Crippen molar-refractivity contribution in [2.45, 2.75) is 18.9 Å². The summed E-state index contributed by atoms with van der Waals surface area (Å²) in [7, 11) is 1.43. The molecule has 6 nitrogen and oxygen atoms in total. The van der Waals surface area contributed by atoms with E-state index in [1.165, 1.54) is 20.0 Å². The highest BCUT2D eigenvalue weighted by Crippen LogP contribution is 2.34. The standard InChI is InChI=1S/C12H17N3O3/c1-18-11-4-2-3-10(12(11)15(16)17)14-8-7-13-9-5-6-9/h2-4,9,13-14H,5-8H2,1H3. The van der Waals surface area contributed by atoms with Crippen LogP contribution in [0.15, 0.2) is 18.2 Å². The Labute approximate surface area is 105 Å². The molecule has 1 aliphatic carbocycles. The lowest BCUT2D eigenvalue weighted by atomic mass is 10.2. The van der Waals surface area contributed by atoms with E-state index >= 15 is 0 Å². The zero-order valence-corrected chi connectivity index (χ0v) is 10.3. The maximum atomic E-state index is 11.0. The van der Waals surface area contributed by atoms with Crippen molar-refractivity contribution >= 4 is 11.4 Å². The molecule has 6 heteroatoms. The Morgan fingerprint density at radius 1 is 1.44 bits per heavy atom. The Kier molecular flexibility index (Phi) is 3.99. The van der Waals surface area contributed by atoms with Crippen molar-refractivity contribution in [3.63, 3.8) is 0 Å². The number of ether oxygens (including phenoxy) is 1. The molecular weight excluding hydrogens is 234 g/mol. The molecule has 2 rings (SSSR count). The zero-order valence-electron chi connectivity index (χ0n) is 10.3. The lowest BCUT2D eigenvalue weighted by molar-refractivity contribution is -0.384. The van der Waals surface area contributed by atoms with E-state index in [0.29, 0.717) is 18.3 Å². The molecule has 0 radical (unpaired) electrons. The summed E-state index contributed by atoms with van der Waals surface area (Å²) >= 11 is 0. The van der Waals surface area contributed by atoms with E-state index in [0.717, 1.165) is 6.54 Å². The lowest BCUT2D eigenvalue weighted by Gasteiger charge is -2.09. The summed E-state index contributed by atoms with van der Waals surface area (Å²) in [4.78, 5) is 10.6. The number of anilines is 1. The molecule has 98 valence electrons. The molecule has 0 atom stereocenters. The number of benzene rings is 1. The number of rotatable bonds is 7. The van der Waals surface area contributed by atoms with E-state index in [1.54, 1.807) is 18.2 Å². The fourth-order valence-electron chi connectivity index (χ4n) is 1.78. The normalized spacial score (nSPS) is 14.3. The molecule has 18 heavy (non-hydrogen) atoms. The van der Waals surface area contributed by atoms with E-state index in [1.807, 2.05) is 0 Å². The minimum absolute atomic E-state index is 0.00794. The summed E-state index contributed by atoms with van der Waals surface area (Å²) in [5.74, 6) is 0.278. The van der Waals surface area contributed by atoms with Crippen molar-refractivity contribution in [1.29, 1.82) is 0 Å². The second kappa shape index (κ2) is 5.68. The Morgan fingerprint density at radius 2 is 2.22 bits per heavy atom. The first-order chi connectivity index (χ1) is 8.72. The van der Waals surface area contributed by atoms with Gasteiger partial charge in [-0.05, 0) is 25.0 Å². The van der Waals surface area contributed by atoms with Gasteiger partial charge in [-0.1, -0.05) is 6.07 Å². The fraction of sp³-hybridized carbons (Fsp3) is 0.500. The molecule has 0 aliphatic heterocycles. The van der Waals surface area contributed by atoms with Gasteiger partial charge >= 0.3 is 5.69 Å². The van der Waals surface area contributed by atoms with E-state index < -0.39 is 4.92 Å². The van der Waals surface area contributed by atoms with Crippen molar-refractivity contribution in [1.82, 2.24) is 5.32 Å². The van der Waals surface area contributed by atoms with Crippen molar-refractivity contribution in [3.8, 4) is 5.75 Å². The molecule has 1 fully saturated rings. The van der Waals surface area contributed by atoms with E-state index in [4.69, 9.17) is 4.74 Å². The van der Waals surface area contributed by atoms with Crippen LogP contribution in [0.4, 0.5) is 11.4 Å².